The van der Waals surface area contributed by atoms with E-state index in [4.69, 9.17) is 4.42 Å². The first-order valence-corrected chi connectivity index (χ1v) is 6.90. The number of aromatic nitrogens is 2. The highest BCUT2D eigenvalue weighted by Gasteiger charge is 2.27. The van der Waals surface area contributed by atoms with E-state index >= 15 is 0 Å². The van der Waals surface area contributed by atoms with E-state index in [0.29, 0.717) is 12.4 Å². The summed E-state index contributed by atoms with van der Waals surface area (Å²) >= 11 is 0. The molecule has 0 saturated heterocycles. The van der Waals surface area contributed by atoms with Crippen molar-refractivity contribution in [2.24, 2.45) is 0 Å². The Morgan fingerprint density at radius 2 is 2.10 bits per heavy atom. The van der Waals surface area contributed by atoms with Crippen molar-refractivity contribution in [3.05, 3.63) is 41.6 Å². The average Bonchev–Trinajstić information content (AvgIpc) is 2.96. The van der Waals surface area contributed by atoms with Crippen molar-refractivity contribution in [3.63, 3.8) is 0 Å². The number of anilines is 1. The first-order chi connectivity index (χ1) is 9.66. The van der Waals surface area contributed by atoms with Crippen LogP contribution in [-0.4, -0.2) is 22.6 Å². The summed E-state index contributed by atoms with van der Waals surface area (Å²) in [6.07, 6.45) is 1.95. The van der Waals surface area contributed by atoms with Crippen LogP contribution in [0.25, 0.3) is 0 Å². The molecule has 104 valence electrons. The quantitative estimate of drug-likeness (QED) is 0.842. The van der Waals surface area contributed by atoms with Gasteiger partial charge in [0.25, 0.3) is 0 Å². The molecule has 0 radical (unpaired) electrons. The fraction of sp³-hybridized carbons (Fsp3) is 0.400. The molecule has 0 aliphatic carbocycles. The number of hydrogen-bond donors (Lipinski definition) is 0. The summed E-state index contributed by atoms with van der Waals surface area (Å²) in [7, 11) is 0. The maximum absolute atomic E-state index is 12.5. The first kappa shape index (κ1) is 12.8. The van der Waals surface area contributed by atoms with E-state index in [1.807, 2.05) is 32.0 Å². The molecule has 1 aliphatic rings. The SMILES string of the molecule is CC(C)c1nnc(C(=O)N2CCCc3ccccc32)o1. The van der Waals surface area contributed by atoms with E-state index < -0.39 is 0 Å². The van der Waals surface area contributed by atoms with Crippen LogP contribution in [0.5, 0.6) is 0 Å². The predicted octanol–water partition coefficient (Wildman–Crippen LogP) is 2.79. The summed E-state index contributed by atoms with van der Waals surface area (Å²) in [6.45, 7) is 4.60. The Balaban J connectivity index is 1.91. The summed E-state index contributed by atoms with van der Waals surface area (Å²) in [5.41, 5.74) is 2.14. The highest BCUT2D eigenvalue weighted by atomic mass is 16.4. The monoisotopic (exact) mass is 271 g/mol. The number of nitrogens with zero attached hydrogens (tertiary/aromatic N) is 3. The van der Waals surface area contributed by atoms with Crippen LogP contribution in [0.3, 0.4) is 0 Å². The third kappa shape index (κ3) is 2.19. The number of carbonyl (C=O) groups is 1. The van der Waals surface area contributed by atoms with Gasteiger partial charge in [0.15, 0.2) is 0 Å². The third-order valence-corrected chi connectivity index (χ3v) is 3.47. The van der Waals surface area contributed by atoms with Gasteiger partial charge >= 0.3 is 11.8 Å². The van der Waals surface area contributed by atoms with Crippen molar-refractivity contribution in [1.29, 1.82) is 0 Å². The molecule has 0 spiro atoms. The fourth-order valence-corrected chi connectivity index (χ4v) is 2.41. The van der Waals surface area contributed by atoms with Gasteiger partial charge in [0.2, 0.25) is 5.89 Å². The largest absolute Gasteiger partial charge is 0.417 e. The van der Waals surface area contributed by atoms with E-state index in [-0.39, 0.29) is 17.7 Å². The Morgan fingerprint density at radius 3 is 2.85 bits per heavy atom. The van der Waals surface area contributed by atoms with Crippen molar-refractivity contribution in [1.82, 2.24) is 10.2 Å². The second kappa shape index (κ2) is 5.07. The van der Waals surface area contributed by atoms with Gasteiger partial charge in [-0.3, -0.25) is 4.79 Å². The third-order valence-electron chi connectivity index (χ3n) is 3.47. The van der Waals surface area contributed by atoms with Crippen LogP contribution in [0.1, 0.15) is 48.3 Å². The summed E-state index contributed by atoms with van der Waals surface area (Å²) < 4.78 is 5.46. The van der Waals surface area contributed by atoms with Crippen LogP contribution in [-0.2, 0) is 6.42 Å². The molecule has 0 N–H and O–H groups in total. The normalized spacial score (nSPS) is 14.4. The molecule has 0 unspecified atom stereocenters. The van der Waals surface area contributed by atoms with Crippen LogP contribution < -0.4 is 4.90 Å². The van der Waals surface area contributed by atoms with Gasteiger partial charge in [0, 0.05) is 18.2 Å². The molecule has 0 saturated carbocycles. The topological polar surface area (TPSA) is 59.2 Å². The molecule has 1 aliphatic heterocycles. The summed E-state index contributed by atoms with van der Waals surface area (Å²) in [6, 6.07) is 7.96. The van der Waals surface area contributed by atoms with Gasteiger partial charge in [0.05, 0.1) is 0 Å². The predicted molar refractivity (Wildman–Crippen MR) is 74.8 cm³/mol. The fourth-order valence-electron chi connectivity index (χ4n) is 2.41. The molecule has 1 aromatic carbocycles. The van der Waals surface area contributed by atoms with Crippen molar-refractivity contribution in [3.8, 4) is 0 Å². The van der Waals surface area contributed by atoms with E-state index in [2.05, 4.69) is 16.3 Å². The van der Waals surface area contributed by atoms with E-state index in [0.717, 1.165) is 18.5 Å². The number of amides is 1. The van der Waals surface area contributed by atoms with Gasteiger partial charge < -0.3 is 9.32 Å². The molecule has 0 fully saturated rings. The number of carbonyl (C=O) groups excluding carboxylic acids is 1. The van der Waals surface area contributed by atoms with Gasteiger partial charge in [-0.2, -0.15) is 0 Å². The lowest BCUT2D eigenvalue weighted by Crippen LogP contribution is -2.35. The Hall–Kier alpha value is -2.17. The van der Waals surface area contributed by atoms with Crippen molar-refractivity contribution >= 4 is 11.6 Å². The van der Waals surface area contributed by atoms with E-state index in [9.17, 15) is 4.79 Å². The second-order valence-electron chi connectivity index (χ2n) is 5.29. The number of rotatable bonds is 2. The lowest BCUT2D eigenvalue weighted by molar-refractivity contribution is 0.0949. The lowest BCUT2D eigenvalue weighted by atomic mass is 10.0. The van der Waals surface area contributed by atoms with Gasteiger partial charge in [-0.05, 0) is 24.5 Å². The van der Waals surface area contributed by atoms with E-state index in [1.165, 1.54) is 5.56 Å². The van der Waals surface area contributed by atoms with Crippen LogP contribution >= 0.6 is 0 Å². The summed E-state index contributed by atoms with van der Waals surface area (Å²) in [4.78, 5) is 14.3. The van der Waals surface area contributed by atoms with E-state index in [1.54, 1.807) is 4.90 Å². The molecule has 20 heavy (non-hydrogen) atoms. The zero-order chi connectivity index (χ0) is 14.1. The molecule has 2 aromatic rings. The average molecular weight is 271 g/mol. The Kier molecular flexibility index (Phi) is 3.26. The Morgan fingerprint density at radius 1 is 1.30 bits per heavy atom. The highest BCUT2D eigenvalue weighted by Crippen LogP contribution is 2.28. The molecule has 0 bridgehead atoms. The smallest absolute Gasteiger partial charge is 0.315 e. The first-order valence-electron chi connectivity index (χ1n) is 6.90. The van der Waals surface area contributed by atoms with Crippen LogP contribution in [0.4, 0.5) is 5.69 Å². The summed E-state index contributed by atoms with van der Waals surface area (Å²) in [5.74, 6) is 0.485. The minimum atomic E-state index is -0.212. The highest BCUT2D eigenvalue weighted by molar-refractivity contribution is 6.03. The number of fused-ring (bicyclic) bond motifs is 1. The van der Waals surface area contributed by atoms with Crippen LogP contribution in [0.15, 0.2) is 28.7 Å². The van der Waals surface area contributed by atoms with Crippen LogP contribution in [0, 0.1) is 0 Å². The molecular weight excluding hydrogens is 254 g/mol. The minimum Gasteiger partial charge on any atom is -0.417 e. The Labute approximate surface area is 117 Å². The van der Waals surface area contributed by atoms with Gasteiger partial charge in [0.1, 0.15) is 0 Å². The number of benzene rings is 1. The van der Waals surface area contributed by atoms with Gasteiger partial charge in [-0.25, -0.2) is 0 Å². The molecular formula is C15H17N3O2. The Bertz CT molecular complexity index is 634. The molecule has 0 atom stereocenters. The second-order valence-corrected chi connectivity index (χ2v) is 5.29. The molecule has 1 amide bonds. The zero-order valence-electron chi connectivity index (χ0n) is 11.7. The van der Waals surface area contributed by atoms with Crippen LogP contribution in [0.2, 0.25) is 0 Å². The van der Waals surface area contributed by atoms with Crippen molar-refractivity contribution in [2.45, 2.75) is 32.6 Å². The molecule has 5 heteroatoms. The number of para-hydroxylation sites is 1. The zero-order valence-corrected chi connectivity index (χ0v) is 11.7. The van der Waals surface area contributed by atoms with Gasteiger partial charge in [-0.1, -0.05) is 32.0 Å². The maximum Gasteiger partial charge on any atom is 0.315 e. The molecule has 2 heterocycles. The standard InChI is InChI=1S/C15H17N3O2/c1-10(2)13-16-17-14(20-13)15(19)18-9-5-7-11-6-3-4-8-12(11)18/h3-4,6,8,10H,5,7,9H2,1-2H3. The van der Waals surface area contributed by atoms with Gasteiger partial charge in [-0.15, -0.1) is 10.2 Å². The lowest BCUT2D eigenvalue weighted by Gasteiger charge is -2.28. The minimum absolute atomic E-state index is 0.0744. The van der Waals surface area contributed by atoms with Crippen molar-refractivity contribution < 1.29 is 9.21 Å². The maximum atomic E-state index is 12.5. The summed E-state index contributed by atoms with van der Waals surface area (Å²) in [5, 5.41) is 7.80. The number of hydrogen-bond acceptors (Lipinski definition) is 4. The molecule has 5 nitrogen and oxygen atoms in total. The molecule has 1 aromatic heterocycles. The van der Waals surface area contributed by atoms with Crippen molar-refractivity contribution in [2.75, 3.05) is 11.4 Å². The molecule has 3 rings (SSSR count). The number of aryl methyl sites for hydroxylation is 1.